The van der Waals surface area contributed by atoms with Crippen LogP contribution in [0.5, 0.6) is 0 Å². The fraction of sp³-hybridized carbons (Fsp3) is 0.953. The third-order valence-corrected chi connectivity index (χ3v) is 9.90. The van der Waals surface area contributed by atoms with Crippen molar-refractivity contribution >= 4 is 11.9 Å². The zero-order valence-electron chi connectivity index (χ0n) is 32.5. The molecule has 0 aromatic heterocycles. The first-order chi connectivity index (χ1) is 23.6. The van der Waals surface area contributed by atoms with E-state index in [0.717, 1.165) is 32.1 Å². The first kappa shape index (κ1) is 46.9. The molecule has 0 heterocycles. The van der Waals surface area contributed by atoms with E-state index in [4.69, 9.17) is 9.47 Å². The van der Waals surface area contributed by atoms with Crippen molar-refractivity contribution in [3.05, 3.63) is 0 Å². The Morgan fingerprint density at radius 3 is 0.917 bits per heavy atom. The number of aliphatic hydroxyl groups is 1. The predicted octanol–water partition coefficient (Wildman–Crippen LogP) is 13.5. The van der Waals surface area contributed by atoms with Crippen molar-refractivity contribution in [2.45, 2.75) is 251 Å². The normalized spacial score (nSPS) is 12.0. The number of carbonyl (C=O) groups is 2. The average Bonchev–Trinajstić information content (AvgIpc) is 3.09. The molecule has 286 valence electrons. The molecule has 0 saturated carbocycles. The molecule has 0 aliphatic rings. The summed E-state index contributed by atoms with van der Waals surface area (Å²) in [6.07, 6.45) is 44.5. The van der Waals surface area contributed by atoms with E-state index in [2.05, 4.69) is 13.8 Å². The van der Waals surface area contributed by atoms with Crippen molar-refractivity contribution < 1.29 is 24.2 Å². The van der Waals surface area contributed by atoms with Crippen LogP contribution < -0.4 is 0 Å². The number of hydrogen-bond donors (Lipinski definition) is 1. The number of aliphatic hydroxyl groups excluding tert-OH is 1. The Kier molecular flexibility index (Phi) is 39.4. The van der Waals surface area contributed by atoms with Gasteiger partial charge in [0, 0.05) is 12.8 Å². The van der Waals surface area contributed by atoms with Crippen LogP contribution in [-0.4, -0.2) is 36.4 Å². The minimum atomic E-state index is -0.761. The number of carbonyl (C=O) groups excluding carboxylic acids is 2. The smallest absolute Gasteiger partial charge is 0.306 e. The van der Waals surface area contributed by atoms with Crippen LogP contribution in [0.1, 0.15) is 245 Å². The molecule has 0 aromatic carbocycles. The zero-order valence-corrected chi connectivity index (χ0v) is 32.5. The van der Waals surface area contributed by atoms with Crippen molar-refractivity contribution in [1.82, 2.24) is 0 Å². The van der Waals surface area contributed by atoms with Gasteiger partial charge in [0.1, 0.15) is 6.61 Å². The molecule has 0 spiro atoms. The molecule has 0 radical (unpaired) electrons. The first-order valence-corrected chi connectivity index (χ1v) is 21.6. The lowest BCUT2D eigenvalue weighted by Crippen LogP contribution is -2.28. The second kappa shape index (κ2) is 40.3. The van der Waals surface area contributed by atoms with E-state index in [9.17, 15) is 14.7 Å². The predicted molar refractivity (Wildman–Crippen MR) is 205 cm³/mol. The molecule has 5 nitrogen and oxygen atoms in total. The summed E-state index contributed by atoms with van der Waals surface area (Å²) >= 11 is 0. The number of unbranched alkanes of at least 4 members (excludes halogenated alkanes) is 32. The Hall–Kier alpha value is -1.10. The molecule has 0 bridgehead atoms. The second-order valence-corrected chi connectivity index (χ2v) is 14.8. The van der Waals surface area contributed by atoms with E-state index in [1.807, 2.05) is 0 Å². The van der Waals surface area contributed by atoms with E-state index in [1.54, 1.807) is 0 Å². The van der Waals surface area contributed by atoms with E-state index in [1.165, 1.54) is 186 Å². The largest absolute Gasteiger partial charge is 0.462 e. The number of ether oxygens (including phenoxy) is 2. The molecule has 0 saturated heterocycles. The minimum Gasteiger partial charge on any atom is -0.462 e. The second-order valence-electron chi connectivity index (χ2n) is 14.8. The highest BCUT2D eigenvalue weighted by Crippen LogP contribution is 2.16. The van der Waals surface area contributed by atoms with Crippen LogP contribution in [0.15, 0.2) is 0 Å². The van der Waals surface area contributed by atoms with Gasteiger partial charge in [-0.1, -0.05) is 219 Å². The van der Waals surface area contributed by atoms with Crippen LogP contribution in [0.2, 0.25) is 0 Å². The van der Waals surface area contributed by atoms with E-state index in [0.29, 0.717) is 12.8 Å². The fourth-order valence-corrected chi connectivity index (χ4v) is 6.62. The highest BCUT2D eigenvalue weighted by molar-refractivity contribution is 5.70. The van der Waals surface area contributed by atoms with Crippen molar-refractivity contribution in [3.8, 4) is 0 Å². The molecule has 5 heteroatoms. The maximum Gasteiger partial charge on any atom is 0.306 e. The van der Waals surface area contributed by atoms with E-state index >= 15 is 0 Å². The van der Waals surface area contributed by atoms with Gasteiger partial charge in [-0.25, -0.2) is 0 Å². The van der Waals surface area contributed by atoms with Gasteiger partial charge in [0.25, 0.3) is 0 Å². The van der Waals surface area contributed by atoms with Crippen molar-refractivity contribution in [2.24, 2.45) is 0 Å². The monoisotopic (exact) mass is 681 g/mol. The van der Waals surface area contributed by atoms with E-state index < -0.39 is 6.10 Å². The summed E-state index contributed by atoms with van der Waals surface area (Å²) in [5.74, 6) is -0.571. The summed E-state index contributed by atoms with van der Waals surface area (Å²) in [6.45, 7) is 4.18. The summed E-state index contributed by atoms with van der Waals surface area (Å²) in [7, 11) is 0. The quantitative estimate of drug-likeness (QED) is 0.0515. The minimum absolute atomic E-state index is 0.0565. The molecule has 0 aromatic rings. The van der Waals surface area contributed by atoms with Crippen LogP contribution in [0.4, 0.5) is 0 Å². The maximum absolute atomic E-state index is 12.2. The highest BCUT2D eigenvalue weighted by Gasteiger charge is 2.16. The van der Waals surface area contributed by atoms with Gasteiger partial charge in [-0.3, -0.25) is 9.59 Å². The molecule has 0 aliphatic carbocycles. The zero-order chi connectivity index (χ0) is 35.0. The van der Waals surface area contributed by atoms with Gasteiger partial charge in [0.05, 0.1) is 6.61 Å². The van der Waals surface area contributed by atoms with Crippen molar-refractivity contribution in [3.63, 3.8) is 0 Å². The third-order valence-electron chi connectivity index (χ3n) is 9.90. The lowest BCUT2D eigenvalue weighted by Gasteiger charge is -2.15. The maximum atomic E-state index is 12.2. The Bertz CT molecular complexity index is 651. The Labute approximate surface area is 299 Å². The van der Waals surface area contributed by atoms with Crippen LogP contribution >= 0.6 is 0 Å². The summed E-state index contributed by atoms with van der Waals surface area (Å²) < 4.78 is 10.6. The molecule has 0 aliphatic heterocycles. The van der Waals surface area contributed by atoms with Gasteiger partial charge >= 0.3 is 11.9 Å². The van der Waals surface area contributed by atoms with Crippen LogP contribution in [0.25, 0.3) is 0 Å². The van der Waals surface area contributed by atoms with E-state index in [-0.39, 0.29) is 25.2 Å². The lowest BCUT2D eigenvalue weighted by atomic mass is 10.0. The molecule has 48 heavy (non-hydrogen) atoms. The Balaban J connectivity index is 3.47. The highest BCUT2D eigenvalue weighted by atomic mass is 16.6. The number of esters is 2. The third kappa shape index (κ3) is 37.7. The van der Waals surface area contributed by atoms with Gasteiger partial charge in [-0.2, -0.15) is 0 Å². The number of rotatable bonds is 40. The lowest BCUT2D eigenvalue weighted by molar-refractivity contribution is -0.161. The van der Waals surface area contributed by atoms with Gasteiger partial charge < -0.3 is 14.6 Å². The van der Waals surface area contributed by atoms with Gasteiger partial charge in [-0.15, -0.1) is 0 Å². The van der Waals surface area contributed by atoms with Crippen LogP contribution in [-0.2, 0) is 19.1 Å². The average molecular weight is 681 g/mol. The summed E-state index contributed by atoms with van der Waals surface area (Å²) in [5.41, 5.74) is 0. The molecule has 0 amide bonds. The van der Waals surface area contributed by atoms with Gasteiger partial charge in [0.15, 0.2) is 6.10 Å². The topological polar surface area (TPSA) is 72.8 Å². The standard InChI is InChI=1S/C43H84O5/c1-3-5-7-9-11-13-15-17-19-21-23-25-27-29-31-33-35-37-42(45)47-40-41(39-44)48-43(46)38-36-34-32-30-28-26-24-22-20-18-16-14-12-10-8-6-4-2/h41,44H,3-40H2,1-2H3/t41-/m1/s1. The van der Waals surface area contributed by atoms with Crippen LogP contribution in [0, 0.1) is 0 Å². The van der Waals surface area contributed by atoms with Crippen molar-refractivity contribution in [2.75, 3.05) is 13.2 Å². The van der Waals surface area contributed by atoms with Gasteiger partial charge in [0.2, 0.25) is 0 Å². The SMILES string of the molecule is CCCCCCCCCCCCCCCCCCCC(=O)OC[C@@H](CO)OC(=O)CCCCCCCCCCCCCCCCCCC. The molecule has 1 N–H and O–H groups in total. The summed E-state index contributed by atoms with van der Waals surface area (Å²) in [6, 6.07) is 0. The van der Waals surface area contributed by atoms with Gasteiger partial charge in [-0.05, 0) is 12.8 Å². The molecule has 0 unspecified atom stereocenters. The first-order valence-electron chi connectivity index (χ1n) is 21.6. The Morgan fingerprint density at radius 1 is 0.396 bits per heavy atom. The summed E-state index contributed by atoms with van der Waals surface area (Å²) in [5, 5.41) is 9.57. The molecule has 0 fully saturated rings. The fourth-order valence-electron chi connectivity index (χ4n) is 6.62. The van der Waals surface area contributed by atoms with Crippen LogP contribution in [0.3, 0.4) is 0 Å². The molecular weight excluding hydrogens is 596 g/mol. The number of hydrogen-bond acceptors (Lipinski definition) is 5. The Morgan fingerprint density at radius 2 is 0.646 bits per heavy atom. The molecular formula is C43H84O5. The molecule has 0 rings (SSSR count). The summed E-state index contributed by atoms with van der Waals surface area (Å²) in [4.78, 5) is 24.3. The van der Waals surface area contributed by atoms with Crippen molar-refractivity contribution in [1.29, 1.82) is 0 Å². The molecule has 1 atom stereocenters.